The third kappa shape index (κ3) is 1.76. The summed E-state index contributed by atoms with van der Waals surface area (Å²) >= 11 is 0. The quantitative estimate of drug-likeness (QED) is 0.707. The number of nitrogens with one attached hydrogen (secondary N) is 1. The van der Waals surface area contributed by atoms with Crippen LogP contribution in [0.5, 0.6) is 0 Å². The number of sulfonamides is 1. The molecule has 0 bridgehead atoms. The Bertz CT molecular complexity index is 577. The van der Waals surface area contributed by atoms with Gasteiger partial charge in [0.1, 0.15) is 12.4 Å². The molecule has 0 aliphatic carbocycles. The van der Waals surface area contributed by atoms with Crippen molar-refractivity contribution in [3.05, 3.63) is 29.8 Å². The van der Waals surface area contributed by atoms with Crippen LogP contribution in [0.25, 0.3) is 0 Å². The highest BCUT2D eigenvalue weighted by Crippen LogP contribution is 2.21. The lowest BCUT2D eigenvalue weighted by Crippen LogP contribution is -2.24. The second-order valence-corrected chi connectivity index (χ2v) is 4.88. The van der Waals surface area contributed by atoms with E-state index >= 15 is 0 Å². The van der Waals surface area contributed by atoms with Gasteiger partial charge in [-0.05, 0) is 12.1 Å². The number of fused-ring (bicyclic) bond motifs is 1. The van der Waals surface area contributed by atoms with Crippen LogP contribution in [-0.2, 0) is 14.8 Å². The Hall–Kier alpha value is -1.89. The minimum atomic E-state index is -3.54. The molecule has 3 N–H and O–H groups in total. The fourth-order valence-corrected chi connectivity index (χ4v) is 2.66. The monoisotopic (exact) mass is 239 g/mol. The molecule has 2 rings (SSSR count). The summed E-state index contributed by atoms with van der Waals surface area (Å²) in [7, 11) is -3.54. The average Bonchev–Trinajstić information content (AvgIpc) is 2.49. The van der Waals surface area contributed by atoms with Crippen LogP contribution in [0, 0.1) is 0 Å². The second kappa shape index (κ2) is 3.60. The molecule has 0 atom stereocenters. The van der Waals surface area contributed by atoms with Crippen LogP contribution >= 0.6 is 0 Å². The molecule has 1 aliphatic heterocycles. The Kier molecular flexibility index (Phi) is 2.39. The first-order valence-electron chi connectivity index (χ1n) is 4.46. The molecule has 1 aromatic carbocycles. The summed E-state index contributed by atoms with van der Waals surface area (Å²) in [5.41, 5.74) is 5.40. The molecule has 0 saturated heterocycles. The maximum atomic E-state index is 11.6. The van der Waals surface area contributed by atoms with Gasteiger partial charge in [-0.3, -0.25) is 14.5 Å². The summed E-state index contributed by atoms with van der Waals surface area (Å²) in [6, 6.07) is 6.41. The largest absolute Gasteiger partial charge is 0.368 e. The summed E-state index contributed by atoms with van der Waals surface area (Å²) in [5.74, 6) is -0.453. The molecule has 84 valence electrons. The molecule has 0 aromatic heterocycles. The zero-order valence-corrected chi connectivity index (χ0v) is 8.99. The van der Waals surface area contributed by atoms with Gasteiger partial charge in [0.15, 0.2) is 0 Å². The normalized spacial score (nSPS) is 19.1. The van der Waals surface area contributed by atoms with Gasteiger partial charge in [0.2, 0.25) is 5.91 Å². The van der Waals surface area contributed by atoms with E-state index in [1.165, 1.54) is 6.07 Å². The molecular formula is C9H9N3O3S. The molecule has 1 aromatic rings. The summed E-state index contributed by atoms with van der Waals surface area (Å²) in [5, 5.41) is 0. The minimum absolute atomic E-state index is 0.161. The molecule has 6 nitrogen and oxygen atoms in total. The first-order valence-corrected chi connectivity index (χ1v) is 5.94. The van der Waals surface area contributed by atoms with Crippen molar-refractivity contribution in [2.45, 2.75) is 4.90 Å². The molecule has 16 heavy (non-hydrogen) atoms. The molecular weight excluding hydrogens is 230 g/mol. The Morgan fingerprint density at radius 2 is 2.06 bits per heavy atom. The third-order valence-corrected chi connectivity index (χ3v) is 3.45. The van der Waals surface area contributed by atoms with Crippen molar-refractivity contribution in [2.75, 3.05) is 6.54 Å². The Labute approximate surface area is 92.2 Å². The SMILES string of the molecule is NC(=O)CN=C1NS(=O)(=O)c2ccccc21. The second-order valence-electron chi connectivity index (χ2n) is 3.23. The number of hydrogen-bond acceptors (Lipinski definition) is 4. The number of carbonyl (C=O) groups is 1. The summed E-state index contributed by atoms with van der Waals surface area (Å²) in [6.07, 6.45) is 0. The van der Waals surface area contributed by atoms with E-state index < -0.39 is 15.9 Å². The standard InChI is InChI=1S/C9H9N3O3S/c10-8(13)5-11-9-6-3-1-2-4-7(6)16(14,15)12-9/h1-4H,5H2,(H2,10,13)(H,11,12). The van der Waals surface area contributed by atoms with Crippen molar-refractivity contribution < 1.29 is 13.2 Å². The molecule has 7 heteroatoms. The Morgan fingerprint density at radius 1 is 1.38 bits per heavy atom. The van der Waals surface area contributed by atoms with Crippen molar-refractivity contribution in [1.82, 2.24) is 4.72 Å². The number of primary amides is 1. The van der Waals surface area contributed by atoms with E-state index in [2.05, 4.69) is 9.71 Å². The fourth-order valence-electron chi connectivity index (χ4n) is 1.41. The molecule has 1 heterocycles. The van der Waals surface area contributed by atoms with E-state index in [0.717, 1.165) is 0 Å². The van der Waals surface area contributed by atoms with E-state index in [-0.39, 0.29) is 17.3 Å². The van der Waals surface area contributed by atoms with E-state index in [0.29, 0.717) is 5.56 Å². The predicted octanol–water partition coefficient (Wildman–Crippen LogP) is -0.790. The zero-order chi connectivity index (χ0) is 11.8. The van der Waals surface area contributed by atoms with Crippen LogP contribution in [-0.4, -0.2) is 26.7 Å². The minimum Gasteiger partial charge on any atom is -0.368 e. The fraction of sp³-hybridized carbons (Fsp3) is 0.111. The lowest BCUT2D eigenvalue weighted by molar-refractivity contribution is -0.116. The molecule has 1 amide bonds. The van der Waals surface area contributed by atoms with Crippen LogP contribution < -0.4 is 10.5 Å². The summed E-state index contributed by atoms with van der Waals surface area (Å²) in [4.78, 5) is 14.5. The van der Waals surface area contributed by atoms with Crippen molar-refractivity contribution in [3.8, 4) is 0 Å². The number of nitrogens with two attached hydrogens (primary N) is 1. The summed E-state index contributed by atoms with van der Waals surface area (Å²) in [6.45, 7) is -0.244. The predicted molar refractivity (Wildman–Crippen MR) is 57.4 cm³/mol. The third-order valence-electron chi connectivity index (χ3n) is 2.06. The number of benzene rings is 1. The van der Waals surface area contributed by atoms with Crippen molar-refractivity contribution in [1.29, 1.82) is 0 Å². The molecule has 1 aliphatic rings. The maximum Gasteiger partial charge on any atom is 0.263 e. The van der Waals surface area contributed by atoms with Crippen LogP contribution in [0.4, 0.5) is 0 Å². The smallest absolute Gasteiger partial charge is 0.263 e. The number of aliphatic imine (C=N–C) groups is 1. The van der Waals surface area contributed by atoms with Gasteiger partial charge in [-0.2, -0.15) is 0 Å². The molecule has 0 fully saturated rings. The number of nitrogens with zero attached hydrogens (tertiary/aromatic N) is 1. The van der Waals surface area contributed by atoms with Crippen molar-refractivity contribution in [2.24, 2.45) is 10.7 Å². The van der Waals surface area contributed by atoms with E-state index in [1.54, 1.807) is 18.2 Å². The van der Waals surface area contributed by atoms with Crippen LogP contribution in [0.2, 0.25) is 0 Å². The maximum absolute atomic E-state index is 11.6. The van der Waals surface area contributed by atoms with Crippen LogP contribution in [0.1, 0.15) is 5.56 Å². The number of amides is 1. The van der Waals surface area contributed by atoms with Crippen molar-refractivity contribution >= 4 is 21.8 Å². The number of carbonyl (C=O) groups excluding carboxylic acids is 1. The Balaban J connectivity index is 2.49. The highest BCUT2D eigenvalue weighted by atomic mass is 32.2. The molecule has 0 radical (unpaired) electrons. The van der Waals surface area contributed by atoms with Gasteiger partial charge in [0.25, 0.3) is 10.0 Å². The van der Waals surface area contributed by atoms with Gasteiger partial charge >= 0.3 is 0 Å². The highest BCUT2D eigenvalue weighted by molar-refractivity contribution is 7.90. The first kappa shape index (κ1) is 10.6. The molecule has 0 unspecified atom stereocenters. The van der Waals surface area contributed by atoms with Crippen LogP contribution in [0.15, 0.2) is 34.2 Å². The van der Waals surface area contributed by atoms with Gasteiger partial charge in [-0.15, -0.1) is 0 Å². The van der Waals surface area contributed by atoms with Gasteiger partial charge in [-0.1, -0.05) is 12.1 Å². The number of amidine groups is 1. The molecule has 0 spiro atoms. The Morgan fingerprint density at radius 3 is 2.75 bits per heavy atom. The van der Waals surface area contributed by atoms with Gasteiger partial charge in [0, 0.05) is 5.56 Å². The van der Waals surface area contributed by atoms with Crippen molar-refractivity contribution in [3.63, 3.8) is 0 Å². The average molecular weight is 239 g/mol. The lowest BCUT2D eigenvalue weighted by atomic mass is 10.2. The zero-order valence-electron chi connectivity index (χ0n) is 8.17. The summed E-state index contributed by atoms with van der Waals surface area (Å²) < 4.78 is 25.5. The van der Waals surface area contributed by atoms with Gasteiger partial charge in [-0.25, -0.2) is 8.42 Å². The van der Waals surface area contributed by atoms with Gasteiger partial charge in [0.05, 0.1) is 4.90 Å². The number of hydrogen-bond donors (Lipinski definition) is 2. The number of rotatable bonds is 2. The molecule has 0 saturated carbocycles. The van der Waals surface area contributed by atoms with E-state index in [1.807, 2.05) is 0 Å². The first-order chi connectivity index (χ1) is 7.50. The van der Waals surface area contributed by atoms with E-state index in [9.17, 15) is 13.2 Å². The lowest BCUT2D eigenvalue weighted by Gasteiger charge is -1.96. The van der Waals surface area contributed by atoms with Gasteiger partial charge < -0.3 is 5.73 Å². The van der Waals surface area contributed by atoms with Crippen LogP contribution in [0.3, 0.4) is 0 Å². The highest BCUT2D eigenvalue weighted by Gasteiger charge is 2.29. The topological polar surface area (TPSA) is 102 Å². The van der Waals surface area contributed by atoms with E-state index in [4.69, 9.17) is 5.73 Å².